The molecule has 5 rings (SSSR count). The molecular formula is C24H35F2NO2. The van der Waals surface area contributed by atoms with Crippen molar-refractivity contribution in [3.05, 3.63) is 11.6 Å². The maximum absolute atomic E-state index is 15.4. The van der Waals surface area contributed by atoms with Gasteiger partial charge in [-0.25, -0.2) is 0 Å². The standard InChI is InChI=1S/C24H35F2NO2/c1-14(28)29-21-11-13-22(2)18-10-12-23(3)17(7-9-20(23)27-15-4-5-15)16(18)6-8-19(22)24(21,25)26/h8,15-18,20-21,27H,4-7,9-13H2,1-3H3/t16-,17-,18-,20-,21-,22+,23-/m0/s1. The first-order valence-corrected chi connectivity index (χ1v) is 11.7. The Kier molecular flexibility index (Phi) is 4.48. The summed E-state index contributed by atoms with van der Waals surface area (Å²) in [6, 6.07) is 1.32. The predicted octanol–water partition coefficient (Wildman–Crippen LogP) is 5.25. The summed E-state index contributed by atoms with van der Waals surface area (Å²) in [7, 11) is 0. The van der Waals surface area contributed by atoms with E-state index < -0.39 is 23.4 Å². The molecule has 0 bridgehead atoms. The molecule has 0 aromatic heterocycles. The van der Waals surface area contributed by atoms with Crippen molar-refractivity contribution in [2.24, 2.45) is 28.6 Å². The molecular weight excluding hydrogens is 372 g/mol. The molecule has 0 aliphatic heterocycles. The average Bonchev–Trinajstić information content (AvgIpc) is 3.39. The fourth-order valence-corrected chi connectivity index (χ4v) is 7.86. The first-order valence-electron chi connectivity index (χ1n) is 11.7. The highest BCUT2D eigenvalue weighted by Crippen LogP contribution is 2.66. The third kappa shape index (κ3) is 2.93. The van der Waals surface area contributed by atoms with Crippen molar-refractivity contribution in [1.29, 1.82) is 0 Å². The molecule has 1 N–H and O–H groups in total. The van der Waals surface area contributed by atoms with Gasteiger partial charge in [-0.05, 0) is 86.4 Å². The van der Waals surface area contributed by atoms with E-state index in [1.165, 1.54) is 32.6 Å². The van der Waals surface area contributed by atoms with Gasteiger partial charge in [-0.2, -0.15) is 8.78 Å². The Morgan fingerprint density at radius 3 is 2.52 bits per heavy atom. The molecule has 162 valence electrons. The van der Waals surface area contributed by atoms with Crippen LogP contribution < -0.4 is 5.32 Å². The van der Waals surface area contributed by atoms with Gasteiger partial charge in [0.2, 0.25) is 0 Å². The molecule has 4 saturated carbocycles. The Morgan fingerprint density at radius 1 is 1.07 bits per heavy atom. The SMILES string of the molecule is CC(=O)O[C@H]1CC[C@@]2(C)C(=CC[C@H]3[C@@H]4CC[C@H](NC5CC5)[C@@]4(C)CC[C@@H]32)C1(F)F. The monoisotopic (exact) mass is 407 g/mol. The normalized spacial score (nSPS) is 48.2. The number of carbonyl (C=O) groups excluding carboxylic acids is 1. The van der Waals surface area contributed by atoms with Crippen molar-refractivity contribution >= 4 is 5.97 Å². The maximum Gasteiger partial charge on any atom is 0.305 e. The highest BCUT2D eigenvalue weighted by Gasteiger charge is 2.64. The number of alkyl halides is 2. The van der Waals surface area contributed by atoms with Crippen molar-refractivity contribution in [1.82, 2.24) is 5.32 Å². The number of hydrogen-bond donors (Lipinski definition) is 1. The number of carbonyl (C=O) groups is 1. The predicted molar refractivity (Wildman–Crippen MR) is 108 cm³/mol. The van der Waals surface area contributed by atoms with Crippen LogP contribution in [0, 0.1) is 28.6 Å². The lowest BCUT2D eigenvalue weighted by Gasteiger charge is -2.59. The van der Waals surface area contributed by atoms with Crippen LogP contribution in [0.5, 0.6) is 0 Å². The van der Waals surface area contributed by atoms with Gasteiger partial charge in [0.05, 0.1) is 0 Å². The van der Waals surface area contributed by atoms with Gasteiger partial charge in [-0.3, -0.25) is 4.79 Å². The average molecular weight is 408 g/mol. The van der Waals surface area contributed by atoms with Crippen LogP contribution in [0.25, 0.3) is 0 Å². The van der Waals surface area contributed by atoms with Gasteiger partial charge < -0.3 is 10.1 Å². The topological polar surface area (TPSA) is 38.3 Å². The lowest BCUT2D eigenvalue weighted by molar-refractivity contribution is -0.180. The molecule has 7 atom stereocenters. The van der Waals surface area contributed by atoms with E-state index in [1.54, 1.807) is 0 Å². The van der Waals surface area contributed by atoms with Crippen LogP contribution >= 0.6 is 0 Å². The summed E-state index contributed by atoms with van der Waals surface area (Å²) in [5.41, 5.74) is 0.105. The second-order valence-electron chi connectivity index (χ2n) is 11.0. The van der Waals surface area contributed by atoms with E-state index in [0.29, 0.717) is 35.6 Å². The summed E-state index contributed by atoms with van der Waals surface area (Å²) in [5.74, 6) is -2.19. The second kappa shape index (κ2) is 6.51. The molecule has 3 nitrogen and oxygen atoms in total. The molecule has 5 aliphatic carbocycles. The van der Waals surface area contributed by atoms with Crippen LogP contribution in [0.1, 0.15) is 78.6 Å². The van der Waals surface area contributed by atoms with E-state index in [-0.39, 0.29) is 12.0 Å². The van der Waals surface area contributed by atoms with E-state index in [9.17, 15) is 4.79 Å². The van der Waals surface area contributed by atoms with E-state index in [1.807, 2.05) is 6.08 Å². The number of allylic oxidation sites excluding steroid dienone is 1. The van der Waals surface area contributed by atoms with E-state index in [4.69, 9.17) is 4.74 Å². The highest BCUT2D eigenvalue weighted by molar-refractivity contribution is 5.66. The number of esters is 1. The molecule has 5 heteroatoms. The maximum atomic E-state index is 15.4. The Bertz CT molecular complexity index is 732. The molecule has 0 spiro atoms. The van der Waals surface area contributed by atoms with Gasteiger partial charge in [0.25, 0.3) is 0 Å². The van der Waals surface area contributed by atoms with E-state index in [0.717, 1.165) is 25.3 Å². The number of nitrogens with one attached hydrogen (secondary N) is 1. The molecule has 4 fully saturated rings. The Balaban J connectivity index is 1.42. The van der Waals surface area contributed by atoms with Crippen LogP contribution in [-0.4, -0.2) is 30.1 Å². The molecule has 5 aliphatic rings. The number of fused-ring (bicyclic) bond motifs is 5. The molecule has 29 heavy (non-hydrogen) atoms. The molecule has 0 saturated heterocycles. The number of halogens is 2. The summed E-state index contributed by atoms with van der Waals surface area (Å²) < 4.78 is 35.8. The first-order chi connectivity index (χ1) is 13.7. The molecule has 0 radical (unpaired) electrons. The Hall–Kier alpha value is -0.970. The van der Waals surface area contributed by atoms with Crippen LogP contribution in [0.4, 0.5) is 8.78 Å². The smallest absolute Gasteiger partial charge is 0.305 e. The van der Waals surface area contributed by atoms with Crippen LogP contribution in [0.15, 0.2) is 11.6 Å². The number of rotatable bonds is 3. The zero-order valence-corrected chi connectivity index (χ0v) is 18.0. The van der Waals surface area contributed by atoms with Crippen molar-refractivity contribution < 1.29 is 18.3 Å². The minimum Gasteiger partial charge on any atom is -0.456 e. The first kappa shape index (κ1) is 20.0. The molecule has 0 amide bonds. The van der Waals surface area contributed by atoms with Crippen molar-refractivity contribution in [2.45, 2.75) is 103 Å². The lowest BCUT2D eigenvalue weighted by atomic mass is 9.47. The van der Waals surface area contributed by atoms with Crippen molar-refractivity contribution in [2.75, 3.05) is 0 Å². The van der Waals surface area contributed by atoms with E-state index in [2.05, 4.69) is 19.2 Å². The highest BCUT2D eigenvalue weighted by atomic mass is 19.3. The van der Waals surface area contributed by atoms with Crippen LogP contribution in [0.2, 0.25) is 0 Å². The largest absolute Gasteiger partial charge is 0.456 e. The lowest BCUT2D eigenvalue weighted by Crippen LogP contribution is -2.57. The van der Waals surface area contributed by atoms with Gasteiger partial charge in [-0.1, -0.05) is 19.9 Å². The molecule has 0 unspecified atom stereocenters. The Morgan fingerprint density at radius 2 is 1.83 bits per heavy atom. The van der Waals surface area contributed by atoms with Crippen molar-refractivity contribution in [3.8, 4) is 0 Å². The summed E-state index contributed by atoms with van der Waals surface area (Å²) in [4.78, 5) is 11.4. The Labute approximate surface area is 173 Å². The van der Waals surface area contributed by atoms with Gasteiger partial charge in [0.1, 0.15) is 0 Å². The van der Waals surface area contributed by atoms with Crippen LogP contribution in [-0.2, 0) is 9.53 Å². The van der Waals surface area contributed by atoms with Gasteiger partial charge in [0.15, 0.2) is 6.10 Å². The van der Waals surface area contributed by atoms with E-state index >= 15 is 8.78 Å². The number of ether oxygens (including phenoxy) is 1. The minimum atomic E-state index is -3.05. The summed E-state index contributed by atoms with van der Waals surface area (Å²) in [5, 5.41) is 3.91. The molecule has 0 aromatic carbocycles. The fourth-order valence-electron chi connectivity index (χ4n) is 7.86. The summed E-state index contributed by atoms with van der Waals surface area (Å²) in [6.07, 6.45) is 9.54. The zero-order valence-electron chi connectivity index (χ0n) is 18.0. The molecule has 0 heterocycles. The van der Waals surface area contributed by atoms with Crippen molar-refractivity contribution in [3.63, 3.8) is 0 Å². The van der Waals surface area contributed by atoms with Gasteiger partial charge in [-0.15, -0.1) is 0 Å². The van der Waals surface area contributed by atoms with Gasteiger partial charge in [0, 0.05) is 24.6 Å². The second-order valence-corrected chi connectivity index (χ2v) is 11.0. The summed E-state index contributed by atoms with van der Waals surface area (Å²) in [6.45, 7) is 5.77. The third-order valence-corrected chi connectivity index (χ3v) is 9.48. The quantitative estimate of drug-likeness (QED) is 0.513. The van der Waals surface area contributed by atoms with Crippen LogP contribution in [0.3, 0.4) is 0 Å². The van der Waals surface area contributed by atoms with Gasteiger partial charge >= 0.3 is 11.9 Å². The summed E-state index contributed by atoms with van der Waals surface area (Å²) >= 11 is 0. The zero-order chi connectivity index (χ0) is 20.6. The minimum absolute atomic E-state index is 0.261. The third-order valence-electron chi connectivity index (χ3n) is 9.48. The molecule has 0 aromatic rings. The number of hydrogen-bond acceptors (Lipinski definition) is 3. The fraction of sp³-hybridized carbons (Fsp3) is 0.875.